The molecule has 0 radical (unpaired) electrons. The molecule has 0 bridgehead atoms. The molecule has 4 heteroatoms. The van der Waals surface area contributed by atoms with Gasteiger partial charge < -0.3 is 0 Å². The largest absolute Gasteiger partial charge is 0.292 e. The number of aromatic nitrogens is 2. The Kier molecular flexibility index (Phi) is 5.54. The molecule has 0 aliphatic carbocycles. The minimum Gasteiger partial charge on any atom is -0.292 e. The van der Waals surface area contributed by atoms with Crippen LogP contribution in [0.3, 0.4) is 0 Å². The quantitative estimate of drug-likeness (QED) is 0.395. The second-order valence-corrected chi connectivity index (χ2v) is 7.32. The van der Waals surface area contributed by atoms with Crippen LogP contribution < -0.4 is 5.56 Å². The molecule has 0 aliphatic heterocycles. The van der Waals surface area contributed by atoms with Crippen LogP contribution in [0.5, 0.6) is 0 Å². The molecule has 4 aromatic rings. The summed E-state index contributed by atoms with van der Waals surface area (Å²) in [6.45, 7) is 0.653. The van der Waals surface area contributed by atoms with Crippen molar-refractivity contribution in [3.8, 4) is 11.1 Å². The molecular formula is C24H21ClN2O. The van der Waals surface area contributed by atoms with Gasteiger partial charge in [-0.3, -0.25) is 9.36 Å². The summed E-state index contributed by atoms with van der Waals surface area (Å²) in [4.78, 5) is 17.7. The molecule has 0 N–H and O–H groups in total. The highest BCUT2D eigenvalue weighted by molar-refractivity contribution is 6.30. The van der Waals surface area contributed by atoms with Gasteiger partial charge in [0.05, 0.1) is 0 Å². The van der Waals surface area contributed by atoms with Crippen LogP contribution in [-0.2, 0) is 13.0 Å². The molecule has 3 nitrogen and oxygen atoms in total. The lowest BCUT2D eigenvalue weighted by Crippen LogP contribution is -2.23. The van der Waals surface area contributed by atoms with E-state index in [1.165, 1.54) is 5.56 Å². The first-order valence-corrected chi connectivity index (χ1v) is 9.88. The van der Waals surface area contributed by atoms with E-state index < -0.39 is 0 Å². The Morgan fingerprint density at radius 1 is 0.893 bits per heavy atom. The van der Waals surface area contributed by atoms with Crippen molar-refractivity contribution in [2.75, 3.05) is 0 Å². The Morgan fingerprint density at radius 3 is 2.46 bits per heavy atom. The first-order valence-electron chi connectivity index (χ1n) is 9.51. The first-order chi connectivity index (χ1) is 13.7. The smallest absolute Gasteiger partial charge is 0.260 e. The SMILES string of the molecule is O=c1c(-c2ccc(Cl)cc2)cc2cccnc2n1CCCCc1ccccc1. The van der Waals surface area contributed by atoms with E-state index in [-0.39, 0.29) is 5.56 Å². The van der Waals surface area contributed by atoms with Crippen LogP contribution in [0, 0.1) is 0 Å². The number of pyridine rings is 2. The average molecular weight is 389 g/mol. The Hall–Kier alpha value is -2.91. The number of hydrogen-bond donors (Lipinski definition) is 0. The molecule has 2 aromatic carbocycles. The number of hydrogen-bond acceptors (Lipinski definition) is 2. The third kappa shape index (κ3) is 4.00. The molecule has 0 fully saturated rings. The minimum atomic E-state index is -0.00627. The van der Waals surface area contributed by atoms with Crippen LogP contribution in [0.25, 0.3) is 22.2 Å². The van der Waals surface area contributed by atoms with Crippen LogP contribution in [0.1, 0.15) is 18.4 Å². The van der Waals surface area contributed by atoms with Gasteiger partial charge in [-0.25, -0.2) is 4.98 Å². The summed E-state index contributed by atoms with van der Waals surface area (Å²) < 4.78 is 1.81. The lowest BCUT2D eigenvalue weighted by atomic mass is 10.1. The highest BCUT2D eigenvalue weighted by atomic mass is 35.5. The molecule has 0 unspecified atom stereocenters. The average Bonchev–Trinajstić information content (AvgIpc) is 2.73. The number of nitrogens with zero attached hydrogens (tertiary/aromatic N) is 2. The molecule has 0 saturated heterocycles. The van der Waals surface area contributed by atoms with Gasteiger partial charge in [0.15, 0.2) is 0 Å². The van der Waals surface area contributed by atoms with Crippen molar-refractivity contribution in [1.29, 1.82) is 0 Å². The van der Waals surface area contributed by atoms with E-state index >= 15 is 0 Å². The standard InChI is InChI=1S/C24H21ClN2O/c25-21-13-11-19(12-14-21)22-17-20-10-6-15-26-23(20)27(24(22)28)16-5-4-9-18-7-2-1-3-8-18/h1-3,6-8,10-15,17H,4-5,9,16H2. The molecule has 0 spiro atoms. The lowest BCUT2D eigenvalue weighted by molar-refractivity contribution is 0.606. The Bertz CT molecular complexity index is 1130. The molecule has 2 aromatic heterocycles. The number of unbranched alkanes of at least 4 members (excludes halogenated alkanes) is 1. The van der Waals surface area contributed by atoms with Gasteiger partial charge in [0.1, 0.15) is 5.65 Å². The van der Waals surface area contributed by atoms with Gasteiger partial charge in [-0.1, -0.05) is 54.1 Å². The third-order valence-electron chi connectivity index (χ3n) is 4.94. The van der Waals surface area contributed by atoms with Gasteiger partial charge in [-0.05, 0) is 60.7 Å². The third-order valence-corrected chi connectivity index (χ3v) is 5.20. The van der Waals surface area contributed by atoms with Crippen molar-refractivity contribution in [2.24, 2.45) is 0 Å². The molecule has 0 saturated carbocycles. The summed E-state index contributed by atoms with van der Waals surface area (Å²) in [6, 6.07) is 23.7. The first kappa shape index (κ1) is 18.5. The van der Waals surface area contributed by atoms with Gasteiger partial charge in [-0.15, -0.1) is 0 Å². The normalized spacial score (nSPS) is 11.0. The Labute approximate surface area is 169 Å². The van der Waals surface area contributed by atoms with Crippen molar-refractivity contribution in [1.82, 2.24) is 9.55 Å². The molecular weight excluding hydrogens is 368 g/mol. The maximum absolute atomic E-state index is 13.2. The van der Waals surface area contributed by atoms with Gasteiger partial charge in [-0.2, -0.15) is 0 Å². The molecule has 140 valence electrons. The maximum Gasteiger partial charge on any atom is 0.260 e. The van der Waals surface area contributed by atoms with Crippen LogP contribution in [0.2, 0.25) is 5.02 Å². The van der Waals surface area contributed by atoms with E-state index in [0.29, 0.717) is 17.1 Å². The Morgan fingerprint density at radius 2 is 1.68 bits per heavy atom. The van der Waals surface area contributed by atoms with Crippen molar-refractivity contribution in [3.63, 3.8) is 0 Å². The summed E-state index contributed by atoms with van der Waals surface area (Å²) in [7, 11) is 0. The van der Waals surface area contributed by atoms with E-state index in [9.17, 15) is 4.79 Å². The van der Waals surface area contributed by atoms with E-state index in [0.717, 1.165) is 35.9 Å². The summed E-state index contributed by atoms with van der Waals surface area (Å²) in [5.41, 5.74) is 3.62. The van der Waals surface area contributed by atoms with Crippen LogP contribution in [-0.4, -0.2) is 9.55 Å². The Balaban J connectivity index is 1.63. The zero-order chi connectivity index (χ0) is 19.3. The lowest BCUT2D eigenvalue weighted by Gasteiger charge is -2.12. The van der Waals surface area contributed by atoms with E-state index in [4.69, 9.17) is 11.6 Å². The molecule has 0 amide bonds. The molecule has 0 aliphatic rings. The van der Waals surface area contributed by atoms with Crippen LogP contribution in [0.4, 0.5) is 0 Å². The van der Waals surface area contributed by atoms with E-state index in [1.54, 1.807) is 6.20 Å². The van der Waals surface area contributed by atoms with E-state index in [1.807, 2.05) is 53.1 Å². The zero-order valence-corrected chi connectivity index (χ0v) is 16.3. The fourth-order valence-electron chi connectivity index (χ4n) is 3.49. The predicted molar refractivity (Wildman–Crippen MR) is 116 cm³/mol. The summed E-state index contributed by atoms with van der Waals surface area (Å²) in [6.07, 6.45) is 4.70. The van der Waals surface area contributed by atoms with Crippen molar-refractivity contribution < 1.29 is 0 Å². The van der Waals surface area contributed by atoms with Gasteiger partial charge in [0.2, 0.25) is 0 Å². The molecule has 28 heavy (non-hydrogen) atoms. The van der Waals surface area contributed by atoms with Gasteiger partial charge in [0.25, 0.3) is 5.56 Å². The fraction of sp³-hybridized carbons (Fsp3) is 0.167. The monoisotopic (exact) mass is 388 g/mol. The number of fused-ring (bicyclic) bond motifs is 1. The van der Waals surface area contributed by atoms with Crippen molar-refractivity contribution in [2.45, 2.75) is 25.8 Å². The highest BCUT2D eigenvalue weighted by Crippen LogP contribution is 2.22. The molecule has 4 rings (SSSR count). The summed E-state index contributed by atoms with van der Waals surface area (Å²) >= 11 is 6.01. The minimum absolute atomic E-state index is 0.00627. The summed E-state index contributed by atoms with van der Waals surface area (Å²) in [5, 5.41) is 1.63. The number of rotatable bonds is 6. The van der Waals surface area contributed by atoms with Crippen molar-refractivity contribution in [3.05, 3.63) is 99.9 Å². The zero-order valence-electron chi connectivity index (χ0n) is 15.5. The summed E-state index contributed by atoms with van der Waals surface area (Å²) in [5.74, 6) is 0. The van der Waals surface area contributed by atoms with Crippen LogP contribution in [0.15, 0.2) is 83.8 Å². The predicted octanol–water partition coefficient (Wildman–Crippen LogP) is 5.74. The number of halogens is 1. The van der Waals surface area contributed by atoms with Crippen LogP contribution >= 0.6 is 11.6 Å². The second-order valence-electron chi connectivity index (χ2n) is 6.88. The van der Waals surface area contributed by atoms with Gasteiger partial charge in [0, 0.05) is 28.7 Å². The van der Waals surface area contributed by atoms with Crippen molar-refractivity contribution >= 4 is 22.6 Å². The number of aryl methyl sites for hydroxylation is 2. The molecule has 2 heterocycles. The van der Waals surface area contributed by atoms with E-state index in [2.05, 4.69) is 29.2 Å². The topological polar surface area (TPSA) is 34.9 Å². The van der Waals surface area contributed by atoms with Gasteiger partial charge >= 0.3 is 0 Å². The highest BCUT2D eigenvalue weighted by Gasteiger charge is 2.12. The number of benzene rings is 2. The fourth-order valence-corrected chi connectivity index (χ4v) is 3.62. The molecule has 0 atom stereocenters. The second kappa shape index (κ2) is 8.41. The maximum atomic E-state index is 13.2.